The van der Waals surface area contributed by atoms with Crippen molar-refractivity contribution in [3.63, 3.8) is 0 Å². The summed E-state index contributed by atoms with van der Waals surface area (Å²) in [6.07, 6.45) is 6.63. The predicted molar refractivity (Wildman–Crippen MR) is 117 cm³/mol. The highest BCUT2D eigenvalue weighted by molar-refractivity contribution is 7.09. The van der Waals surface area contributed by atoms with Gasteiger partial charge in [0, 0.05) is 10.9 Å². The first-order valence-corrected chi connectivity index (χ1v) is 11.4. The van der Waals surface area contributed by atoms with E-state index in [4.69, 9.17) is 4.42 Å². The molecule has 162 valence electrons. The van der Waals surface area contributed by atoms with Crippen LogP contribution in [-0.2, 0) is 11.3 Å². The molecule has 0 radical (unpaired) electrons. The van der Waals surface area contributed by atoms with Crippen molar-refractivity contribution in [2.75, 3.05) is 0 Å². The molecule has 0 saturated heterocycles. The average molecular weight is 441 g/mol. The number of hydrogen-bond donors (Lipinski definition) is 1. The molecular weight excluding hydrogens is 415 g/mol. The lowest BCUT2D eigenvalue weighted by Gasteiger charge is -2.32. The lowest BCUT2D eigenvalue weighted by Crippen LogP contribution is -2.46. The second kappa shape index (κ2) is 9.92. The number of nitrogens with one attached hydrogen (secondary N) is 1. The Balaban J connectivity index is 1.70. The zero-order valence-corrected chi connectivity index (χ0v) is 17.9. The molecule has 2 aromatic heterocycles. The van der Waals surface area contributed by atoms with Gasteiger partial charge < -0.3 is 14.6 Å². The lowest BCUT2D eigenvalue weighted by atomic mass is 9.94. The maximum atomic E-state index is 13.6. The van der Waals surface area contributed by atoms with Gasteiger partial charge in [-0.25, -0.2) is 4.39 Å². The Morgan fingerprint density at radius 1 is 1.10 bits per heavy atom. The van der Waals surface area contributed by atoms with Gasteiger partial charge in [0.05, 0.1) is 12.8 Å². The molecule has 1 N–H and O–H groups in total. The Labute approximate surface area is 184 Å². The number of halogens is 1. The first-order valence-electron chi connectivity index (χ1n) is 10.5. The van der Waals surface area contributed by atoms with Crippen LogP contribution in [0.25, 0.3) is 0 Å². The fourth-order valence-corrected chi connectivity index (χ4v) is 4.74. The van der Waals surface area contributed by atoms with E-state index in [1.165, 1.54) is 41.1 Å². The largest absolute Gasteiger partial charge is 0.459 e. The van der Waals surface area contributed by atoms with Crippen LogP contribution in [0.4, 0.5) is 4.39 Å². The number of carbonyl (C=O) groups is 2. The fourth-order valence-electron chi connectivity index (χ4n) is 4.04. The van der Waals surface area contributed by atoms with E-state index >= 15 is 0 Å². The normalized spacial score (nSPS) is 15.4. The minimum Gasteiger partial charge on any atom is -0.459 e. The summed E-state index contributed by atoms with van der Waals surface area (Å²) in [7, 11) is 0. The Hall–Kier alpha value is -2.93. The number of amides is 2. The molecule has 1 aliphatic rings. The molecule has 31 heavy (non-hydrogen) atoms. The van der Waals surface area contributed by atoms with E-state index in [-0.39, 0.29) is 30.2 Å². The van der Waals surface area contributed by atoms with Crippen LogP contribution in [0.5, 0.6) is 0 Å². The highest BCUT2D eigenvalue weighted by atomic mass is 32.1. The average Bonchev–Trinajstić information content (AvgIpc) is 3.49. The Kier molecular flexibility index (Phi) is 6.82. The number of furan rings is 1. The summed E-state index contributed by atoms with van der Waals surface area (Å²) in [5.41, 5.74) is 0.561. The number of nitrogens with zero attached hydrogens (tertiary/aromatic N) is 1. The van der Waals surface area contributed by atoms with Gasteiger partial charge in [-0.1, -0.05) is 37.5 Å². The molecule has 1 aliphatic carbocycles. The van der Waals surface area contributed by atoms with Crippen LogP contribution in [0.3, 0.4) is 0 Å². The van der Waals surface area contributed by atoms with Gasteiger partial charge in [-0.2, -0.15) is 0 Å². The molecule has 2 amide bonds. The molecular formula is C24H25FN2O3S. The summed E-state index contributed by atoms with van der Waals surface area (Å²) in [6, 6.07) is 12.0. The van der Waals surface area contributed by atoms with E-state index in [1.54, 1.807) is 24.3 Å². The summed E-state index contributed by atoms with van der Waals surface area (Å²) in [5.74, 6) is -0.868. The standard InChI is InChI=1S/C24H25FN2O3S/c25-18-12-10-17(11-13-18)22(23(28)26-19-6-2-1-3-7-19)27(16-20-8-5-15-31-20)24(29)21-9-4-14-30-21/h4-5,8-15,19,22H,1-3,6-7,16H2,(H,26,28)/t22-/m0/s1. The highest BCUT2D eigenvalue weighted by Gasteiger charge is 2.34. The molecule has 1 saturated carbocycles. The van der Waals surface area contributed by atoms with Gasteiger partial charge in [-0.3, -0.25) is 9.59 Å². The Morgan fingerprint density at radius 2 is 1.87 bits per heavy atom. The van der Waals surface area contributed by atoms with Crippen molar-refractivity contribution in [3.8, 4) is 0 Å². The zero-order chi connectivity index (χ0) is 21.6. The molecule has 7 heteroatoms. The SMILES string of the molecule is O=C(NC1CCCCC1)[C@H](c1ccc(F)cc1)N(Cc1cccs1)C(=O)c1ccco1. The van der Waals surface area contributed by atoms with Crippen LogP contribution >= 0.6 is 11.3 Å². The van der Waals surface area contributed by atoms with Gasteiger partial charge >= 0.3 is 0 Å². The number of benzene rings is 1. The molecule has 4 rings (SSSR count). The summed E-state index contributed by atoms with van der Waals surface area (Å²) in [4.78, 5) is 29.4. The maximum absolute atomic E-state index is 13.6. The van der Waals surface area contributed by atoms with Crippen LogP contribution in [-0.4, -0.2) is 22.8 Å². The van der Waals surface area contributed by atoms with Crippen LogP contribution in [0.2, 0.25) is 0 Å². The molecule has 1 fully saturated rings. The Morgan fingerprint density at radius 3 is 2.52 bits per heavy atom. The molecule has 0 unspecified atom stereocenters. The summed E-state index contributed by atoms with van der Waals surface area (Å²) >= 11 is 1.51. The molecule has 0 bridgehead atoms. The first kappa shape index (κ1) is 21.3. The monoisotopic (exact) mass is 440 g/mol. The van der Waals surface area contributed by atoms with Crippen LogP contribution < -0.4 is 5.32 Å². The van der Waals surface area contributed by atoms with Crippen molar-refractivity contribution in [2.45, 2.75) is 50.7 Å². The summed E-state index contributed by atoms with van der Waals surface area (Å²) < 4.78 is 19.0. The highest BCUT2D eigenvalue weighted by Crippen LogP contribution is 2.28. The van der Waals surface area contributed by atoms with E-state index < -0.39 is 11.9 Å². The third-order valence-electron chi connectivity index (χ3n) is 5.60. The van der Waals surface area contributed by atoms with Gasteiger partial charge in [-0.15, -0.1) is 11.3 Å². The van der Waals surface area contributed by atoms with Crippen molar-refractivity contribution in [1.29, 1.82) is 0 Å². The number of rotatable bonds is 7. The van der Waals surface area contributed by atoms with E-state index in [2.05, 4.69) is 5.32 Å². The van der Waals surface area contributed by atoms with Crippen LogP contribution in [0, 0.1) is 5.82 Å². The van der Waals surface area contributed by atoms with Crippen LogP contribution in [0.1, 0.15) is 59.1 Å². The molecule has 1 aromatic carbocycles. The van der Waals surface area contributed by atoms with Gasteiger partial charge in [0.25, 0.3) is 5.91 Å². The quantitative estimate of drug-likeness (QED) is 0.541. The third-order valence-corrected chi connectivity index (χ3v) is 6.46. The van der Waals surface area contributed by atoms with E-state index in [1.807, 2.05) is 17.5 Å². The van der Waals surface area contributed by atoms with Crippen molar-refractivity contribution < 1.29 is 18.4 Å². The smallest absolute Gasteiger partial charge is 0.290 e. The molecule has 3 aromatic rings. The predicted octanol–water partition coefficient (Wildman–Crippen LogP) is 5.31. The number of hydrogen-bond acceptors (Lipinski definition) is 4. The van der Waals surface area contributed by atoms with Crippen molar-refractivity contribution in [2.24, 2.45) is 0 Å². The second-order valence-electron chi connectivity index (χ2n) is 7.79. The molecule has 5 nitrogen and oxygen atoms in total. The van der Waals surface area contributed by atoms with E-state index in [9.17, 15) is 14.0 Å². The lowest BCUT2D eigenvalue weighted by molar-refractivity contribution is -0.127. The van der Waals surface area contributed by atoms with Gasteiger partial charge in [0.1, 0.15) is 11.9 Å². The van der Waals surface area contributed by atoms with Gasteiger partial charge in [0.15, 0.2) is 5.76 Å². The topological polar surface area (TPSA) is 62.6 Å². The maximum Gasteiger partial charge on any atom is 0.290 e. The van der Waals surface area contributed by atoms with Gasteiger partial charge in [-0.05, 0) is 54.1 Å². The number of thiophene rings is 1. The third kappa shape index (κ3) is 5.22. The van der Waals surface area contributed by atoms with Crippen molar-refractivity contribution >= 4 is 23.2 Å². The molecule has 2 heterocycles. The molecule has 0 aliphatic heterocycles. The van der Waals surface area contributed by atoms with E-state index in [0.29, 0.717) is 5.56 Å². The fraction of sp³-hybridized carbons (Fsp3) is 0.333. The van der Waals surface area contributed by atoms with Gasteiger partial charge in [0.2, 0.25) is 5.91 Å². The second-order valence-corrected chi connectivity index (χ2v) is 8.82. The summed E-state index contributed by atoms with van der Waals surface area (Å²) in [6.45, 7) is 0.247. The Bertz CT molecular complexity index is 981. The summed E-state index contributed by atoms with van der Waals surface area (Å²) in [5, 5.41) is 5.07. The first-order chi connectivity index (χ1) is 15.1. The molecule has 0 spiro atoms. The zero-order valence-electron chi connectivity index (χ0n) is 17.1. The number of carbonyl (C=O) groups excluding carboxylic acids is 2. The molecule has 1 atom stereocenters. The van der Waals surface area contributed by atoms with E-state index in [0.717, 1.165) is 30.6 Å². The van der Waals surface area contributed by atoms with Crippen molar-refractivity contribution in [3.05, 3.63) is 82.2 Å². The van der Waals surface area contributed by atoms with Crippen molar-refractivity contribution in [1.82, 2.24) is 10.2 Å². The van der Waals surface area contributed by atoms with Crippen LogP contribution in [0.15, 0.2) is 64.6 Å². The minimum atomic E-state index is -0.901. The minimum absolute atomic E-state index is 0.0894.